The lowest BCUT2D eigenvalue weighted by Crippen LogP contribution is -2.46. The van der Waals surface area contributed by atoms with Gasteiger partial charge in [-0.3, -0.25) is 4.90 Å². The first-order chi connectivity index (χ1) is 16.1. The van der Waals surface area contributed by atoms with Gasteiger partial charge in [-0.25, -0.2) is 0 Å². The molecule has 0 bridgehead atoms. The quantitative estimate of drug-likeness (QED) is 0.475. The van der Waals surface area contributed by atoms with Crippen LogP contribution in [0.3, 0.4) is 0 Å². The molecule has 0 saturated carbocycles. The zero-order valence-electron chi connectivity index (χ0n) is 19.7. The van der Waals surface area contributed by atoms with Gasteiger partial charge in [0.15, 0.2) is 5.82 Å². The summed E-state index contributed by atoms with van der Waals surface area (Å²) in [4.78, 5) is 9.45. The average molecular weight is 444 g/mol. The van der Waals surface area contributed by atoms with Crippen molar-refractivity contribution in [2.24, 2.45) is 5.92 Å². The third-order valence-electron chi connectivity index (χ3n) is 6.84. The zero-order chi connectivity index (χ0) is 23.1. The Hall–Kier alpha value is -3.01. The fraction of sp³-hybridized carbons (Fsp3) is 0.444. The van der Waals surface area contributed by atoms with Gasteiger partial charge in [0, 0.05) is 31.7 Å². The van der Waals surface area contributed by atoms with Gasteiger partial charge >= 0.3 is 0 Å². The van der Waals surface area contributed by atoms with E-state index in [-0.39, 0.29) is 5.92 Å². The van der Waals surface area contributed by atoms with E-state index in [1.54, 1.807) is 0 Å². The van der Waals surface area contributed by atoms with Crippen LogP contribution >= 0.6 is 0 Å². The van der Waals surface area contributed by atoms with Crippen molar-refractivity contribution < 1.29 is 4.52 Å². The summed E-state index contributed by atoms with van der Waals surface area (Å²) < 4.78 is 5.44. The summed E-state index contributed by atoms with van der Waals surface area (Å²) in [7, 11) is 0. The van der Waals surface area contributed by atoms with Gasteiger partial charge in [-0.2, -0.15) is 10.2 Å². The Labute approximate surface area is 196 Å². The predicted molar refractivity (Wildman–Crippen MR) is 129 cm³/mol. The minimum Gasteiger partial charge on any atom is -0.334 e. The average Bonchev–Trinajstić information content (AvgIpc) is 3.32. The highest BCUT2D eigenvalue weighted by atomic mass is 16.5. The lowest BCUT2D eigenvalue weighted by molar-refractivity contribution is 0.120. The molecule has 0 radical (unpaired) electrons. The van der Waals surface area contributed by atoms with Gasteiger partial charge in [0.1, 0.15) is 0 Å². The number of nitrogens with zero attached hydrogens (tertiary/aromatic N) is 5. The number of nitriles is 1. The monoisotopic (exact) mass is 443 g/mol. The molecule has 0 aliphatic carbocycles. The Kier molecular flexibility index (Phi) is 7.54. The molecule has 0 amide bonds. The summed E-state index contributed by atoms with van der Waals surface area (Å²) in [5.41, 5.74) is 1.67. The van der Waals surface area contributed by atoms with Crippen LogP contribution in [0.2, 0.25) is 0 Å². The minimum absolute atomic E-state index is 0.275. The van der Waals surface area contributed by atoms with Gasteiger partial charge in [0.05, 0.1) is 18.0 Å². The SMILES string of the molecule is CC(C)C(C#N)(CCCN1CCN(Cc2noc(-c3ccccc3)n2)CC1)c1ccccc1. The molecule has 1 fully saturated rings. The van der Waals surface area contributed by atoms with E-state index in [1.807, 2.05) is 48.5 Å². The lowest BCUT2D eigenvalue weighted by atomic mass is 9.70. The Morgan fingerprint density at radius 3 is 2.24 bits per heavy atom. The van der Waals surface area contributed by atoms with Crippen LogP contribution < -0.4 is 0 Å². The molecule has 1 aliphatic heterocycles. The molecule has 0 spiro atoms. The van der Waals surface area contributed by atoms with E-state index < -0.39 is 5.41 Å². The summed E-state index contributed by atoms with van der Waals surface area (Å²) in [5.74, 6) is 1.59. The second-order valence-corrected chi connectivity index (χ2v) is 9.21. The molecule has 1 aromatic heterocycles. The van der Waals surface area contributed by atoms with Crippen LogP contribution in [-0.4, -0.2) is 52.7 Å². The van der Waals surface area contributed by atoms with E-state index in [9.17, 15) is 5.26 Å². The summed E-state index contributed by atoms with van der Waals surface area (Å²) in [6.45, 7) is 10.1. The molecule has 1 saturated heterocycles. The van der Waals surface area contributed by atoms with Gasteiger partial charge < -0.3 is 9.42 Å². The van der Waals surface area contributed by atoms with Crippen LogP contribution in [0.1, 0.15) is 38.1 Å². The first-order valence-electron chi connectivity index (χ1n) is 11.9. The fourth-order valence-corrected chi connectivity index (χ4v) is 4.72. The number of benzene rings is 2. The maximum absolute atomic E-state index is 10.1. The predicted octanol–water partition coefficient (Wildman–Crippen LogP) is 4.75. The van der Waals surface area contributed by atoms with Crippen molar-refractivity contribution in [3.63, 3.8) is 0 Å². The van der Waals surface area contributed by atoms with Crippen molar-refractivity contribution in [2.45, 2.75) is 38.6 Å². The molecule has 6 heteroatoms. The number of hydrogen-bond donors (Lipinski definition) is 0. The standard InChI is InChI=1S/C27H33N5O/c1-22(2)27(21-28,24-12-7-4-8-13-24)14-9-15-31-16-18-32(19-17-31)20-25-29-26(33-30-25)23-10-5-3-6-11-23/h3-8,10-13,22H,9,14-20H2,1-2H3. The Morgan fingerprint density at radius 2 is 1.61 bits per heavy atom. The third kappa shape index (κ3) is 5.50. The van der Waals surface area contributed by atoms with Gasteiger partial charge in [-0.1, -0.05) is 67.5 Å². The van der Waals surface area contributed by atoms with Crippen molar-refractivity contribution in [1.29, 1.82) is 5.26 Å². The first-order valence-corrected chi connectivity index (χ1v) is 11.9. The molecule has 2 aromatic carbocycles. The van der Waals surface area contributed by atoms with Crippen LogP contribution in [0.15, 0.2) is 65.2 Å². The topological polar surface area (TPSA) is 69.2 Å². The highest BCUT2D eigenvalue weighted by molar-refractivity contribution is 5.51. The van der Waals surface area contributed by atoms with Crippen LogP contribution in [0.5, 0.6) is 0 Å². The van der Waals surface area contributed by atoms with E-state index in [0.29, 0.717) is 12.4 Å². The Balaban J connectivity index is 1.25. The molecular formula is C27H33N5O. The number of rotatable bonds is 9. The second-order valence-electron chi connectivity index (χ2n) is 9.21. The minimum atomic E-state index is -0.418. The normalized spacial score (nSPS) is 17.0. The second kappa shape index (κ2) is 10.7. The lowest BCUT2D eigenvalue weighted by Gasteiger charge is -2.35. The van der Waals surface area contributed by atoms with Crippen molar-refractivity contribution in [3.05, 3.63) is 72.1 Å². The van der Waals surface area contributed by atoms with Gasteiger partial charge in [0.2, 0.25) is 0 Å². The molecule has 0 N–H and O–H groups in total. The van der Waals surface area contributed by atoms with Crippen LogP contribution in [0, 0.1) is 17.2 Å². The highest BCUT2D eigenvalue weighted by Crippen LogP contribution is 2.36. The molecule has 1 atom stereocenters. The first kappa shape index (κ1) is 23.2. The smallest absolute Gasteiger partial charge is 0.257 e. The summed E-state index contributed by atoms with van der Waals surface area (Å²) in [6, 6.07) is 22.8. The van der Waals surface area contributed by atoms with Gasteiger partial charge in [0.25, 0.3) is 5.89 Å². The highest BCUT2D eigenvalue weighted by Gasteiger charge is 2.35. The van der Waals surface area contributed by atoms with Crippen molar-refractivity contribution >= 4 is 0 Å². The number of piperazine rings is 1. The molecule has 172 valence electrons. The van der Waals surface area contributed by atoms with Crippen LogP contribution in [0.4, 0.5) is 0 Å². The summed E-state index contributed by atoms with van der Waals surface area (Å²) in [5, 5.41) is 14.3. The summed E-state index contributed by atoms with van der Waals surface area (Å²) >= 11 is 0. The maximum Gasteiger partial charge on any atom is 0.257 e. The molecule has 2 heterocycles. The van der Waals surface area contributed by atoms with Crippen LogP contribution in [-0.2, 0) is 12.0 Å². The van der Waals surface area contributed by atoms with Crippen molar-refractivity contribution in [1.82, 2.24) is 19.9 Å². The van der Waals surface area contributed by atoms with Crippen molar-refractivity contribution in [3.8, 4) is 17.5 Å². The number of hydrogen-bond acceptors (Lipinski definition) is 6. The van der Waals surface area contributed by atoms with E-state index in [1.165, 1.54) is 0 Å². The molecule has 6 nitrogen and oxygen atoms in total. The molecule has 1 unspecified atom stereocenters. The Morgan fingerprint density at radius 1 is 0.970 bits per heavy atom. The molecule has 3 aromatic rings. The molecule has 1 aliphatic rings. The van der Waals surface area contributed by atoms with Crippen LogP contribution in [0.25, 0.3) is 11.5 Å². The fourth-order valence-electron chi connectivity index (χ4n) is 4.72. The zero-order valence-corrected chi connectivity index (χ0v) is 19.7. The van der Waals surface area contributed by atoms with E-state index >= 15 is 0 Å². The molecule has 4 rings (SSSR count). The van der Waals surface area contributed by atoms with E-state index in [4.69, 9.17) is 4.52 Å². The van der Waals surface area contributed by atoms with Crippen molar-refractivity contribution in [2.75, 3.05) is 32.7 Å². The van der Waals surface area contributed by atoms with E-state index in [2.05, 4.69) is 52.0 Å². The third-order valence-corrected chi connectivity index (χ3v) is 6.84. The van der Waals surface area contributed by atoms with Gasteiger partial charge in [-0.15, -0.1) is 0 Å². The summed E-state index contributed by atoms with van der Waals surface area (Å²) in [6.07, 6.45) is 1.91. The largest absolute Gasteiger partial charge is 0.334 e. The van der Waals surface area contributed by atoms with E-state index in [0.717, 1.165) is 62.5 Å². The molecule has 33 heavy (non-hydrogen) atoms. The Bertz CT molecular complexity index is 1040. The van der Waals surface area contributed by atoms with Gasteiger partial charge in [-0.05, 0) is 43.0 Å². The number of aromatic nitrogens is 2. The maximum atomic E-state index is 10.1. The molecular weight excluding hydrogens is 410 g/mol.